The number of nitrogens with zero attached hydrogens (tertiary/aromatic N) is 4. The molecule has 2 aromatic rings. The van der Waals surface area contributed by atoms with E-state index >= 15 is 0 Å². The number of hydrogen-bond acceptors (Lipinski definition) is 3. The van der Waals surface area contributed by atoms with E-state index in [2.05, 4.69) is 9.97 Å². The van der Waals surface area contributed by atoms with Crippen molar-refractivity contribution in [3.63, 3.8) is 0 Å². The Morgan fingerprint density at radius 2 is 2.10 bits per heavy atom. The maximum Gasteiger partial charge on any atom is 0.242 e. The Morgan fingerprint density at radius 3 is 2.71 bits per heavy atom. The van der Waals surface area contributed by atoms with Crippen LogP contribution in [0.2, 0.25) is 5.02 Å². The maximum absolute atomic E-state index is 12.3. The summed E-state index contributed by atoms with van der Waals surface area (Å²) >= 11 is 11.8. The Hall–Kier alpha value is -1.33. The molecule has 0 aromatic carbocycles. The minimum Gasteiger partial charge on any atom is -0.342 e. The van der Waals surface area contributed by atoms with E-state index in [1.54, 1.807) is 17.2 Å². The standard InChI is InChI=1S/C14H18Cl2N4O/c1-3-19(4-2)13(21)9-20-12(5-6-15)18-11-7-10(16)8-17-14(11)20/h7-8H,3-6,9H2,1-2H3. The van der Waals surface area contributed by atoms with Crippen molar-refractivity contribution >= 4 is 40.3 Å². The number of alkyl halides is 1. The van der Waals surface area contributed by atoms with Crippen LogP contribution in [0.25, 0.3) is 11.2 Å². The van der Waals surface area contributed by atoms with Gasteiger partial charge in [0.2, 0.25) is 5.91 Å². The topological polar surface area (TPSA) is 51.0 Å². The number of carbonyl (C=O) groups is 1. The van der Waals surface area contributed by atoms with Crippen molar-refractivity contribution in [1.82, 2.24) is 19.4 Å². The van der Waals surface area contributed by atoms with Gasteiger partial charge >= 0.3 is 0 Å². The van der Waals surface area contributed by atoms with E-state index < -0.39 is 0 Å². The molecule has 2 aromatic heterocycles. The molecule has 114 valence electrons. The van der Waals surface area contributed by atoms with Gasteiger partial charge in [-0.05, 0) is 19.9 Å². The van der Waals surface area contributed by atoms with Crippen LogP contribution < -0.4 is 0 Å². The molecule has 2 rings (SSSR count). The molecule has 7 heteroatoms. The minimum atomic E-state index is 0.0480. The fourth-order valence-electron chi connectivity index (χ4n) is 2.29. The number of aromatic nitrogens is 3. The first kappa shape index (κ1) is 16.0. The molecule has 0 N–H and O–H groups in total. The van der Waals surface area contributed by atoms with Crippen molar-refractivity contribution < 1.29 is 4.79 Å². The van der Waals surface area contributed by atoms with E-state index in [-0.39, 0.29) is 12.5 Å². The predicted molar refractivity (Wildman–Crippen MR) is 84.9 cm³/mol. The molecule has 0 saturated carbocycles. The van der Waals surface area contributed by atoms with Gasteiger partial charge in [0, 0.05) is 31.6 Å². The van der Waals surface area contributed by atoms with Gasteiger partial charge in [-0.1, -0.05) is 11.6 Å². The fourth-order valence-corrected chi connectivity index (χ4v) is 2.61. The first-order chi connectivity index (χ1) is 10.1. The zero-order chi connectivity index (χ0) is 15.4. The number of amides is 1. The summed E-state index contributed by atoms with van der Waals surface area (Å²) in [5.41, 5.74) is 1.36. The highest BCUT2D eigenvalue weighted by Gasteiger charge is 2.17. The van der Waals surface area contributed by atoms with Crippen LogP contribution in [0.5, 0.6) is 0 Å². The summed E-state index contributed by atoms with van der Waals surface area (Å²) < 4.78 is 1.83. The Labute approximate surface area is 133 Å². The van der Waals surface area contributed by atoms with Crippen LogP contribution in [-0.4, -0.2) is 44.3 Å². The van der Waals surface area contributed by atoms with Gasteiger partial charge < -0.3 is 9.47 Å². The van der Waals surface area contributed by atoms with Gasteiger partial charge in [0.25, 0.3) is 0 Å². The third-order valence-electron chi connectivity index (χ3n) is 3.36. The second-order valence-electron chi connectivity index (χ2n) is 4.62. The van der Waals surface area contributed by atoms with Crippen LogP contribution in [-0.2, 0) is 17.8 Å². The molecule has 0 bridgehead atoms. The molecule has 0 fully saturated rings. The second-order valence-corrected chi connectivity index (χ2v) is 5.43. The number of imidazole rings is 1. The largest absolute Gasteiger partial charge is 0.342 e. The van der Waals surface area contributed by atoms with Gasteiger partial charge in [-0.15, -0.1) is 11.6 Å². The minimum absolute atomic E-state index is 0.0480. The Morgan fingerprint density at radius 1 is 1.38 bits per heavy atom. The summed E-state index contributed by atoms with van der Waals surface area (Å²) in [5, 5.41) is 0.527. The van der Waals surface area contributed by atoms with Crippen LogP contribution >= 0.6 is 23.2 Å². The van der Waals surface area contributed by atoms with E-state index in [0.29, 0.717) is 41.6 Å². The lowest BCUT2D eigenvalue weighted by molar-refractivity contribution is -0.131. The lowest BCUT2D eigenvalue weighted by Crippen LogP contribution is -2.33. The highest BCUT2D eigenvalue weighted by Crippen LogP contribution is 2.19. The smallest absolute Gasteiger partial charge is 0.242 e. The number of aryl methyl sites for hydroxylation is 1. The van der Waals surface area contributed by atoms with E-state index in [9.17, 15) is 4.79 Å². The Balaban J connectivity index is 2.40. The summed E-state index contributed by atoms with van der Waals surface area (Å²) in [6.07, 6.45) is 2.15. The highest BCUT2D eigenvalue weighted by atomic mass is 35.5. The lowest BCUT2D eigenvalue weighted by atomic mass is 10.4. The van der Waals surface area contributed by atoms with Gasteiger partial charge in [-0.25, -0.2) is 9.97 Å². The molecular formula is C14H18Cl2N4O. The van der Waals surface area contributed by atoms with Gasteiger partial charge in [0.05, 0.1) is 5.02 Å². The molecule has 21 heavy (non-hydrogen) atoms. The third kappa shape index (κ3) is 3.47. The SMILES string of the molecule is CCN(CC)C(=O)Cn1c(CCCl)nc2cc(Cl)cnc21. The average molecular weight is 329 g/mol. The zero-order valence-corrected chi connectivity index (χ0v) is 13.7. The number of halogens is 2. The average Bonchev–Trinajstić information content (AvgIpc) is 2.77. The second kappa shape index (κ2) is 7.09. The number of carbonyl (C=O) groups excluding carboxylic acids is 1. The quantitative estimate of drug-likeness (QED) is 0.766. The maximum atomic E-state index is 12.3. The molecule has 0 radical (unpaired) electrons. The van der Waals surface area contributed by atoms with Gasteiger partial charge in [-0.2, -0.15) is 0 Å². The monoisotopic (exact) mass is 328 g/mol. The van der Waals surface area contributed by atoms with Crippen molar-refractivity contribution in [3.8, 4) is 0 Å². The number of fused-ring (bicyclic) bond motifs is 1. The van der Waals surface area contributed by atoms with E-state index in [1.807, 2.05) is 18.4 Å². The number of pyridine rings is 1. The summed E-state index contributed by atoms with van der Waals surface area (Å²) in [7, 11) is 0. The molecule has 0 atom stereocenters. The Bertz CT molecular complexity index is 637. The van der Waals surface area contributed by atoms with E-state index in [0.717, 1.165) is 5.82 Å². The van der Waals surface area contributed by atoms with Crippen molar-refractivity contribution in [3.05, 3.63) is 23.1 Å². The summed E-state index contributed by atoms with van der Waals surface area (Å²) in [6.45, 7) is 5.52. The molecule has 0 saturated heterocycles. The molecule has 1 amide bonds. The summed E-state index contributed by atoms with van der Waals surface area (Å²) in [6, 6.07) is 1.75. The van der Waals surface area contributed by atoms with E-state index in [1.165, 1.54) is 0 Å². The third-order valence-corrected chi connectivity index (χ3v) is 3.75. The normalized spacial score (nSPS) is 11.0. The molecule has 5 nitrogen and oxygen atoms in total. The van der Waals surface area contributed by atoms with Crippen LogP contribution in [0.1, 0.15) is 19.7 Å². The van der Waals surface area contributed by atoms with E-state index in [4.69, 9.17) is 23.2 Å². The van der Waals surface area contributed by atoms with Crippen LogP contribution in [0.4, 0.5) is 0 Å². The molecule has 0 aliphatic carbocycles. The molecular weight excluding hydrogens is 311 g/mol. The van der Waals surface area contributed by atoms with Crippen molar-refractivity contribution in [1.29, 1.82) is 0 Å². The zero-order valence-electron chi connectivity index (χ0n) is 12.1. The molecule has 0 unspecified atom stereocenters. The molecule has 0 aliphatic heterocycles. The van der Waals surface area contributed by atoms with Crippen molar-refractivity contribution in [2.24, 2.45) is 0 Å². The predicted octanol–water partition coefficient (Wildman–Crippen LogP) is 2.73. The van der Waals surface area contributed by atoms with Gasteiger partial charge in [0.1, 0.15) is 17.9 Å². The molecule has 0 aliphatic rings. The number of hydrogen-bond donors (Lipinski definition) is 0. The molecule has 0 spiro atoms. The highest BCUT2D eigenvalue weighted by molar-refractivity contribution is 6.31. The number of likely N-dealkylation sites (N-methyl/N-ethyl adjacent to an activating group) is 1. The van der Waals surface area contributed by atoms with Crippen molar-refractivity contribution in [2.45, 2.75) is 26.8 Å². The lowest BCUT2D eigenvalue weighted by Gasteiger charge is -2.19. The van der Waals surface area contributed by atoms with Gasteiger partial charge in [0.15, 0.2) is 5.65 Å². The number of rotatable bonds is 6. The van der Waals surface area contributed by atoms with Crippen LogP contribution in [0.15, 0.2) is 12.3 Å². The van der Waals surface area contributed by atoms with Gasteiger partial charge in [-0.3, -0.25) is 4.79 Å². The van der Waals surface area contributed by atoms with Crippen molar-refractivity contribution in [2.75, 3.05) is 19.0 Å². The molecule has 2 heterocycles. The van der Waals surface area contributed by atoms with Crippen LogP contribution in [0, 0.1) is 0 Å². The van der Waals surface area contributed by atoms with Crippen LogP contribution in [0.3, 0.4) is 0 Å². The Kier molecular flexibility index (Phi) is 5.42. The first-order valence-corrected chi connectivity index (χ1v) is 7.86. The summed E-state index contributed by atoms with van der Waals surface area (Å²) in [5.74, 6) is 1.25. The first-order valence-electron chi connectivity index (χ1n) is 6.95. The fraction of sp³-hybridized carbons (Fsp3) is 0.500. The summed E-state index contributed by atoms with van der Waals surface area (Å²) in [4.78, 5) is 22.9.